The lowest BCUT2D eigenvalue weighted by Gasteiger charge is -2.25. The van der Waals surface area contributed by atoms with E-state index in [1.807, 2.05) is 30.7 Å². The predicted molar refractivity (Wildman–Crippen MR) is 93.6 cm³/mol. The number of pyridine rings is 1. The van der Waals surface area contributed by atoms with E-state index < -0.39 is 0 Å². The Bertz CT molecular complexity index is 981. The van der Waals surface area contributed by atoms with E-state index >= 15 is 0 Å². The van der Waals surface area contributed by atoms with Crippen LogP contribution >= 0.6 is 0 Å². The van der Waals surface area contributed by atoms with Gasteiger partial charge in [-0.15, -0.1) is 0 Å². The number of nitrogens with zero attached hydrogens (tertiary/aromatic N) is 5. The van der Waals surface area contributed by atoms with Crippen LogP contribution in [0.2, 0.25) is 0 Å². The highest BCUT2D eigenvalue weighted by Gasteiger charge is 2.22. The van der Waals surface area contributed by atoms with Crippen molar-refractivity contribution in [3.8, 4) is 0 Å². The number of hydrogen-bond donors (Lipinski definition) is 1. The molecule has 1 aliphatic rings. The van der Waals surface area contributed by atoms with Crippen LogP contribution in [-0.4, -0.2) is 30.7 Å². The van der Waals surface area contributed by atoms with E-state index in [1.165, 1.54) is 6.07 Å². The number of nitro groups is 1. The zero-order chi connectivity index (χ0) is 17.6. The molecule has 2 aromatic heterocycles. The van der Waals surface area contributed by atoms with Crippen molar-refractivity contribution < 1.29 is 4.92 Å². The Balaban J connectivity index is 1.70. The third-order valence-electron chi connectivity index (χ3n) is 4.47. The molecule has 0 aliphatic carbocycles. The van der Waals surface area contributed by atoms with Gasteiger partial charge in [-0.05, 0) is 26.3 Å². The van der Waals surface area contributed by atoms with Crippen LogP contribution in [0, 0.1) is 24.0 Å². The molecular weight excluding hydrogens is 320 g/mol. The number of aryl methyl sites for hydroxylation is 3. The van der Waals surface area contributed by atoms with E-state index in [0.29, 0.717) is 5.52 Å². The maximum Gasteiger partial charge on any atom is 0.295 e. The van der Waals surface area contributed by atoms with Crippen molar-refractivity contribution in [2.75, 3.05) is 5.32 Å². The molecule has 3 heterocycles. The second-order valence-electron chi connectivity index (χ2n) is 6.38. The van der Waals surface area contributed by atoms with Crippen molar-refractivity contribution in [1.82, 2.24) is 19.7 Å². The second kappa shape index (κ2) is 5.80. The van der Waals surface area contributed by atoms with Crippen LogP contribution in [0.25, 0.3) is 10.9 Å². The third kappa shape index (κ3) is 2.79. The number of anilines is 1. The minimum atomic E-state index is -0.385. The molecule has 1 atom stereocenters. The zero-order valence-electron chi connectivity index (χ0n) is 14.1. The molecule has 0 bridgehead atoms. The van der Waals surface area contributed by atoms with Gasteiger partial charge in [0.05, 0.1) is 11.5 Å². The van der Waals surface area contributed by atoms with Gasteiger partial charge in [-0.2, -0.15) is 5.10 Å². The van der Waals surface area contributed by atoms with Crippen molar-refractivity contribution in [3.63, 3.8) is 0 Å². The Labute approximate surface area is 144 Å². The van der Waals surface area contributed by atoms with E-state index in [1.54, 1.807) is 6.07 Å². The van der Waals surface area contributed by atoms with Crippen LogP contribution in [0.3, 0.4) is 0 Å². The summed E-state index contributed by atoms with van der Waals surface area (Å²) in [4.78, 5) is 19.7. The summed E-state index contributed by atoms with van der Waals surface area (Å²) in [5.74, 6) is 1.80. The highest BCUT2D eigenvalue weighted by Crippen LogP contribution is 2.31. The van der Waals surface area contributed by atoms with E-state index in [2.05, 4.69) is 20.4 Å². The van der Waals surface area contributed by atoms with Gasteiger partial charge in [-0.1, -0.05) is 12.1 Å². The molecule has 0 spiro atoms. The highest BCUT2D eigenvalue weighted by atomic mass is 16.6. The fourth-order valence-electron chi connectivity index (χ4n) is 3.40. The van der Waals surface area contributed by atoms with Gasteiger partial charge >= 0.3 is 0 Å². The summed E-state index contributed by atoms with van der Waals surface area (Å²) >= 11 is 0. The summed E-state index contributed by atoms with van der Waals surface area (Å²) in [6.45, 7) is 4.47. The average molecular weight is 338 g/mol. The molecule has 1 aromatic carbocycles. The Morgan fingerprint density at radius 1 is 1.32 bits per heavy atom. The van der Waals surface area contributed by atoms with Crippen LogP contribution < -0.4 is 5.32 Å². The predicted octanol–water partition coefficient (Wildman–Crippen LogP) is 2.78. The van der Waals surface area contributed by atoms with Crippen molar-refractivity contribution >= 4 is 22.3 Å². The average Bonchev–Trinajstić information content (AvgIpc) is 2.93. The molecule has 1 aliphatic heterocycles. The lowest BCUT2D eigenvalue weighted by molar-refractivity contribution is -0.383. The van der Waals surface area contributed by atoms with Crippen molar-refractivity contribution in [1.29, 1.82) is 0 Å². The van der Waals surface area contributed by atoms with Gasteiger partial charge in [0, 0.05) is 35.3 Å². The number of aromatic nitrogens is 4. The van der Waals surface area contributed by atoms with E-state index in [-0.39, 0.29) is 16.7 Å². The number of fused-ring (bicyclic) bond motifs is 2. The molecule has 4 rings (SSSR count). The SMILES string of the molecule is Cc1cc(NC2CCc3nc(C)nn3C2)c2cccc([N+](=O)[O-])c2n1. The van der Waals surface area contributed by atoms with E-state index in [4.69, 9.17) is 0 Å². The Hall–Kier alpha value is -3.03. The minimum Gasteiger partial charge on any atom is -0.380 e. The van der Waals surface area contributed by atoms with Crippen molar-refractivity contribution in [2.24, 2.45) is 0 Å². The molecule has 25 heavy (non-hydrogen) atoms. The van der Waals surface area contributed by atoms with Crippen molar-refractivity contribution in [2.45, 2.75) is 39.3 Å². The fourth-order valence-corrected chi connectivity index (χ4v) is 3.40. The topological polar surface area (TPSA) is 98.8 Å². The summed E-state index contributed by atoms with van der Waals surface area (Å²) < 4.78 is 1.94. The summed E-state index contributed by atoms with van der Waals surface area (Å²) in [7, 11) is 0. The lowest BCUT2D eigenvalue weighted by atomic mass is 10.1. The molecule has 0 saturated heterocycles. The summed E-state index contributed by atoms with van der Waals surface area (Å²) in [6, 6.07) is 7.18. The maximum atomic E-state index is 11.3. The molecule has 8 heteroatoms. The first-order valence-corrected chi connectivity index (χ1v) is 8.23. The fraction of sp³-hybridized carbons (Fsp3) is 0.353. The Morgan fingerprint density at radius 2 is 2.16 bits per heavy atom. The number of non-ortho nitro benzene ring substituents is 1. The van der Waals surface area contributed by atoms with Crippen LogP contribution in [0.5, 0.6) is 0 Å². The lowest BCUT2D eigenvalue weighted by Crippen LogP contribution is -2.32. The Kier molecular flexibility index (Phi) is 3.60. The largest absolute Gasteiger partial charge is 0.380 e. The van der Waals surface area contributed by atoms with Crippen LogP contribution in [0.4, 0.5) is 11.4 Å². The van der Waals surface area contributed by atoms with E-state index in [0.717, 1.165) is 47.8 Å². The first-order valence-electron chi connectivity index (χ1n) is 8.23. The van der Waals surface area contributed by atoms with Crippen LogP contribution in [-0.2, 0) is 13.0 Å². The van der Waals surface area contributed by atoms with Gasteiger partial charge in [0.15, 0.2) is 5.52 Å². The summed E-state index contributed by atoms with van der Waals surface area (Å²) in [5, 5.41) is 20.0. The molecule has 1 N–H and O–H groups in total. The molecule has 3 aromatic rings. The smallest absolute Gasteiger partial charge is 0.295 e. The monoisotopic (exact) mass is 338 g/mol. The maximum absolute atomic E-state index is 11.3. The normalized spacial score (nSPS) is 16.6. The quantitative estimate of drug-likeness (QED) is 0.582. The van der Waals surface area contributed by atoms with Gasteiger partial charge in [-0.3, -0.25) is 10.1 Å². The zero-order valence-corrected chi connectivity index (χ0v) is 14.1. The molecule has 0 radical (unpaired) electrons. The first-order chi connectivity index (χ1) is 12.0. The van der Waals surface area contributed by atoms with Crippen molar-refractivity contribution in [3.05, 3.63) is 51.7 Å². The molecular formula is C17H18N6O2. The molecule has 128 valence electrons. The highest BCUT2D eigenvalue weighted by molar-refractivity contribution is 5.96. The van der Waals surface area contributed by atoms with Gasteiger partial charge in [0.1, 0.15) is 11.6 Å². The summed E-state index contributed by atoms with van der Waals surface area (Å²) in [6.07, 6.45) is 1.80. The van der Waals surface area contributed by atoms with Crippen LogP contribution in [0.15, 0.2) is 24.3 Å². The molecule has 0 fully saturated rings. The third-order valence-corrected chi connectivity index (χ3v) is 4.47. The second-order valence-corrected chi connectivity index (χ2v) is 6.38. The number of para-hydroxylation sites is 1. The number of rotatable bonds is 3. The molecule has 8 nitrogen and oxygen atoms in total. The van der Waals surface area contributed by atoms with E-state index in [9.17, 15) is 10.1 Å². The van der Waals surface area contributed by atoms with Gasteiger partial charge in [-0.25, -0.2) is 14.6 Å². The molecule has 0 saturated carbocycles. The Morgan fingerprint density at radius 3 is 2.96 bits per heavy atom. The van der Waals surface area contributed by atoms with Gasteiger partial charge in [0.25, 0.3) is 5.69 Å². The van der Waals surface area contributed by atoms with Gasteiger partial charge in [0.2, 0.25) is 0 Å². The van der Waals surface area contributed by atoms with Crippen LogP contribution in [0.1, 0.15) is 23.8 Å². The molecule has 1 unspecified atom stereocenters. The van der Waals surface area contributed by atoms with Gasteiger partial charge < -0.3 is 5.32 Å². The molecule has 0 amide bonds. The number of nitrogens with one attached hydrogen (secondary N) is 1. The number of hydrogen-bond acceptors (Lipinski definition) is 6. The standard InChI is InChI=1S/C17H18N6O2/c1-10-8-14(13-4-3-5-15(23(24)25)17(13)18-10)20-12-6-7-16-19-11(2)21-22(16)9-12/h3-5,8,12H,6-7,9H2,1-2H3,(H,18,20). The minimum absolute atomic E-state index is 0.0297. The number of benzene rings is 1. The number of nitro benzene ring substituents is 1. The first kappa shape index (κ1) is 15.5. The summed E-state index contributed by atoms with van der Waals surface area (Å²) in [5.41, 5.74) is 2.07.